The van der Waals surface area contributed by atoms with Crippen LogP contribution in [0.25, 0.3) is 0 Å². The van der Waals surface area contributed by atoms with Gasteiger partial charge in [-0.1, -0.05) is 13.8 Å². The van der Waals surface area contributed by atoms with Crippen LogP contribution in [0.15, 0.2) is 0 Å². The molecular weight excluding hydrogens is 378 g/mol. The molecule has 0 aliphatic rings. The van der Waals surface area contributed by atoms with Gasteiger partial charge < -0.3 is 32.5 Å². The molecule has 0 bridgehead atoms. The third kappa shape index (κ3) is 9.80. The largest absolute Gasteiger partial charge is 0.480 e. The van der Waals surface area contributed by atoms with Crippen molar-refractivity contribution in [2.24, 2.45) is 17.4 Å². The number of carboxylic acids is 1. The first-order chi connectivity index (χ1) is 12.5. The first kappa shape index (κ1) is 24.7. The molecule has 0 aliphatic heterocycles. The van der Waals surface area contributed by atoms with Crippen LogP contribution in [0.5, 0.6) is 0 Å². The van der Waals surface area contributed by atoms with Crippen molar-refractivity contribution in [3.05, 3.63) is 0 Å². The van der Waals surface area contributed by atoms with E-state index in [-0.39, 0.29) is 24.5 Å². The zero-order valence-electron chi connectivity index (χ0n) is 15.2. The minimum Gasteiger partial charge on any atom is -0.480 e. The zero-order valence-corrected chi connectivity index (χ0v) is 16.1. The van der Waals surface area contributed by atoms with Crippen molar-refractivity contribution in [3.63, 3.8) is 0 Å². The molecular formula is C15H27N5O6S. The first-order valence-corrected chi connectivity index (χ1v) is 8.87. The van der Waals surface area contributed by atoms with Crippen molar-refractivity contribution in [2.75, 3.05) is 12.3 Å². The van der Waals surface area contributed by atoms with Crippen LogP contribution in [0.4, 0.5) is 0 Å². The van der Waals surface area contributed by atoms with Crippen molar-refractivity contribution in [2.45, 2.75) is 44.8 Å². The van der Waals surface area contributed by atoms with Crippen LogP contribution in [-0.2, 0) is 24.0 Å². The van der Waals surface area contributed by atoms with E-state index in [1.807, 2.05) is 0 Å². The van der Waals surface area contributed by atoms with Crippen molar-refractivity contribution in [1.29, 1.82) is 0 Å². The molecule has 0 aromatic carbocycles. The van der Waals surface area contributed by atoms with E-state index < -0.39 is 54.3 Å². The second-order valence-electron chi connectivity index (χ2n) is 6.19. The number of nitrogens with one attached hydrogen (secondary N) is 3. The highest BCUT2D eigenvalue weighted by Crippen LogP contribution is 2.02. The van der Waals surface area contributed by atoms with Crippen LogP contribution in [-0.4, -0.2) is 65.1 Å². The monoisotopic (exact) mass is 405 g/mol. The number of primary amides is 1. The van der Waals surface area contributed by atoms with E-state index in [9.17, 15) is 24.0 Å². The SMILES string of the molecule is CC(C)C(N)C(=O)NC(CS)C(=O)NC(CCC(N)=O)C(=O)NCC(=O)O. The topological polar surface area (TPSA) is 194 Å². The fourth-order valence-corrected chi connectivity index (χ4v) is 2.14. The molecule has 0 heterocycles. The number of amides is 4. The number of thiol groups is 1. The van der Waals surface area contributed by atoms with Gasteiger partial charge in [-0.05, 0) is 12.3 Å². The molecule has 27 heavy (non-hydrogen) atoms. The quantitative estimate of drug-likeness (QED) is 0.172. The lowest BCUT2D eigenvalue weighted by Gasteiger charge is -2.23. The predicted molar refractivity (Wildman–Crippen MR) is 99.6 cm³/mol. The van der Waals surface area contributed by atoms with Gasteiger partial charge in [0.05, 0.1) is 6.04 Å². The Balaban J connectivity index is 5.04. The lowest BCUT2D eigenvalue weighted by Crippen LogP contribution is -2.57. The summed E-state index contributed by atoms with van der Waals surface area (Å²) in [5.74, 6) is -4.26. The molecule has 11 nitrogen and oxygen atoms in total. The third-order valence-corrected chi connectivity index (χ3v) is 3.93. The fourth-order valence-electron chi connectivity index (χ4n) is 1.88. The summed E-state index contributed by atoms with van der Waals surface area (Å²) in [4.78, 5) is 58.0. The van der Waals surface area contributed by atoms with Crippen LogP contribution >= 0.6 is 12.6 Å². The maximum atomic E-state index is 12.4. The Labute approximate surface area is 162 Å². The molecule has 0 saturated heterocycles. The van der Waals surface area contributed by atoms with Crippen LogP contribution in [0.2, 0.25) is 0 Å². The fraction of sp³-hybridized carbons (Fsp3) is 0.667. The summed E-state index contributed by atoms with van der Waals surface area (Å²) in [6.45, 7) is 2.83. The van der Waals surface area contributed by atoms with E-state index >= 15 is 0 Å². The average Bonchev–Trinajstić information content (AvgIpc) is 2.59. The summed E-state index contributed by atoms with van der Waals surface area (Å²) in [6.07, 6.45) is -0.340. The minimum atomic E-state index is -1.27. The molecule has 0 rings (SSSR count). The van der Waals surface area contributed by atoms with Crippen LogP contribution in [0.1, 0.15) is 26.7 Å². The summed E-state index contributed by atoms with van der Waals surface area (Å²) >= 11 is 4.01. The Morgan fingerprint density at radius 3 is 2.00 bits per heavy atom. The lowest BCUT2D eigenvalue weighted by atomic mass is 10.0. The van der Waals surface area contributed by atoms with Gasteiger partial charge >= 0.3 is 5.97 Å². The molecule has 0 aliphatic carbocycles. The number of carboxylic acid groups (broad SMARTS) is 1. The Morgan fingerprint density at radius 1 is 1.00 bits per heavy atom. The van der Waals surface area contributed by atoms with E-state index in [1.165, 1.54) is 0 Å². The Morgan fingerprint density at radius 2 is 1.56 bits per heavy atom. The molecule has 0 aromatic rings. The van der Waals surface area contributed by atoms with Gasteiger partial charge in [0, 0.05) is 12.2 Å². The average molecular weight is 405 g/mol. The molecule has 0 radical (unpaired) electrons. The van der Waals surface area contributed by atoms with Crippen molar-refractivity contribution in [3.8, 4) is 0 Å². The molecule has 0 spiro atoms. The third-order valence-electron chi connectivity index (χ3n) is 3.56. The minimum absolute atomic E-state index is 0.0678. The van der Waals surface area contributed by atoms with E-state index in [0.29, 0.717) is 0 Å². The number of hydrogen-bond acceptors (Lipinski definition) is 7. The predicted octanol–water partition coefficient (Wildman–Crippen LogP) is -2.66. The maximum Gasteiger partial charge on any atom is 0.322 e. The number of hydrogen-bond donors (Lipinski definition) is 7. The highest BCUT2D eigenvalue weighted by Gasteiger charge is 2.28. The normalized spacial score (nSPS) is 14.0. The zero-order chi connectivity index (χ0) is 21.1. The van der Waals surface area contributed by atoms with Gasteiger partial charge in [0.25, 0.3) is 0 Å². The molecule has 0 aromatic heterocycles. The molecule has 3 unspecified atom stereocenters. The number of carbonyl (C=O) groups is 5. The Bertz CT molecular complexity index is 571. The van der Waals surface area contributed by atoms with E-state index in [1.54, 1.807) is 13.8 Å². The summed E-state index contributed by atoms with van der Waals surface area (Å²) in [5.41, 5.74) is 10.8. The summed E-state index contributed by atoms with van der Waals surface area (Å²) in [5, 5.41) is 15.5. The first-order valence-electron chi connectivity index (χ1n) is 8.24. The van der Waals surface area contributed by atoms with Crippen LogP contribution < -0.4 is 27.4 Å². The second kappa shape index (κ2) is 12.1. The number of rotatable bonds is 12. The number of nitrogens with two attached hydrogens (primary N) is 2. The van der Waals surface area contributed by atoms with Crippen molar-refractivity contribution >= 4 is 42.2 Å². The highest BCUT2D eigenvalue weighted by molar-refractivity contribution is 7.80. The van der Waals surface area contributed by atoms with Gasteiger partial charge in [-0.3, -0.25) is 24.0 Å². The van der Waals surface area contributed by atoms with Gasteiger partial charge in [0.15, 0.2) is 0 Å². The van der Waals surface area contributed by atoms with E-state index in [2.05, 4.69) is 28.6 Å². The van der Waals surface area contributed by atoms with E-state index in [4.69, 9.17) is 16.6 Å². The Kier molecular flexibility index (Phi) is 11.1. The number of carbonyl (C=O) groups excluding carboxylic acids is 4. The Hall–Kier alpha value is -2.34. The van der Waals surface area contributed by atoms with Gasteiger partial charge in [0.2, 0.25) is 23.6 Å². The summed E-state index contributed by atoms with van der Waals surface area (Å²) in [6, 6.07) is -3.11. The van der Waals surface area contributed by atoms with Crippen LogP contribution in [0, 0.1) is 5.92 Å². The second-order valence-corrected chi connectivity index (χ2v) is 6.56. The standard InChI is InChI=1S/C15H27N5O6S/c1-7(2)12(17)15(26)20-9(6-27)14(25)19-8(3-4-10(16)21)13(24)18-5-11(22)23/h7-9,12,27H,3-6,17H2,1-2H3,(H2,16,21)(H,18,24)(H,19,25)(H,20,26)(H,22,23). The molecule has 8 N–H and O–H groups in total. The molecule has 3 atom stereocenters. The summed E-state index contributed by atoms with van der Waals surface area (Å²) in [7, 11) is 0. The van der Waals surface area contributed by atoms with Gasteiger partial charge in [0.1, 0.15) is 18.6 Å². The summed E-state index contributed by atoms with van der Waals surface area (Å²) < 4.78 is 0. The van der Waals surface area contributed by atoms with Crippen LogP contribution in [0.3, 0.4) is 0 Å². The molecule has 0 saturated carbocycles. The molecule has 154 valence electrons. The van der Waals surface area contributed by atoms with Crippen molar-refractivity contribution < 1.29 is 29.1 Å². The highest BCUT2D eigenvalue weighted by atomic mass is 32.1. The lowest BCUT2D eigenvalue weighted by molar-refractivity contribution is -0.138. The molecule has 0 fully saturated rings. The van der Waals surface area contributed by atoms with E-state index in [0.717, 1.165) is 0 Å². The van der Waals surface area contributed by atoms with Crippen molar-refractivity contribution in [1.82, 2.24) is 16.0 Å². The molecule has 4 amide bonds. The molecule has 12 heteroatoms. The van der Waals surface area contributed by atoms with Gasteiger partial charge in [-0.15, -0.1) is 0 Å². The smallest absolute Gasteiger partial charge is 0.322 e. The number of aliphatic carboxylic acids is 1. The van der Waals surface area contributed by atoms with Gasteiger partial charge in [-0.2, -0.15) is 12.6 Å². The van der Waals surface area contributed by atoms with Gasteiger partial charge in [-0.25, -0.2) is 0 Å². The maximum absolute atomic E-state index is 12.4.